The van der Waals surface area contributed by atoms with Crippen molar-refractivity contribution >= 4 is 27.9 Å². The first-order valence-electron chi connectivity index (χ1n) is 9.11. The third kappa shape index (κ3) is 6.37. The Balaban J connectivity index is 2.01. The monoisotopic (exact) mass is 448 g/mol. The van der Waals surface area contributed by atoms with Crippen molar-refractivity contribution in [3.63, 3.8) is 0 Å². The lowest BCUT2D eigenvalue weighted by atomic mass is 9.86. The van der Waals surface area contributed by atoms with Crippen molar-refractivity contribution in [2.45, 2.75) is 39.5 Å². The maximum Gasteiger partial charge on any atom is 0.349 e. The lowest BCUT2D eigenvalue weighted by molar-refractivity contribution is -0.136. The van der Waals surface area contributed by atoms with Crippen LogP contribution in [0.4, 0.5) is 0 Å². The van der Waals surface area contributed by atoms with E-state index < -0.39 is 11.9 Å². The maximum absolute atomic E-state index is 12.2. The van der Waals surface area contributed by atoms with E-state index in [2.05, 4.69) is 36.7 Å². The molecular weight excluding hydrogens is 424 g/mol. The van der Waals surface area contributed by atoms with Crippen molar-refractivity contribution in [2.24, 2.45) is 0 Å². The lowest BCUT2D eigenvalue weighted by Gasteiger charge is -2.23. The predicted molar refractivity (Wildman–Crippen MR) is 111 cm³/mol. The third-order valence-corrected chi connectivity index (χ3v) is 4.33. The molecule has 5 nitrogen and oxygen atoms in total. The number of carbonyl (C=O) groups is 2. The minimum absolute atomic E-state index is 0.143. The van der Waals surface area contributed by atoms with E-state index in [1.54, 1.807) is 18.2 Å². The summed E-state index contributed by atoms with van der Waals surface area (Å²) in [7, 11) is 0. The number of esters is 2. The Morgan fingerprint density at radius 2 is 1.82 bits per heavy atom. The summed E-state index contributed by atoms with van der Waals surface area (Å²) in [5, 5.41) is 0. The van der Waals surface area contributed by atoms with Crippen molar-refractivity contribution < 1.29 is 23.8 Å². The molecule has 2 aromatic carbocycles. The van der Waals surface area contributed by atoms with Crippen LogP contribution in [0.2, 0.25) is 0 Å². The molecule has 0 aliphatic heterocycles. The third-order valence-electron chi connectivity index (χ3n) is 3.83. The van der Waals surface area contributed by atoms with Crippen LogP contribution < -0.4 is 9.47 Å². The SMILES string of the molecule is CCCOC(=O)c1cccc(OC(=O)COc2ccc(Br)cc2C(C)(C)C)c1. The van der Waals surface area contributed by atoms with Crippen LogP contribution in [0.1, 0.15) is 50.0 Å². The first-order valence-corrected chi connectivity index (χ1v) is 9.90. The van der Waals surface area contributed by atoms with Crippen molar-refractivity contribution in [3.8, 4) is 11.5 Å². The van der Waals surface area contributed by atoms with E-state index in [9.17, 15) is 9.59 Å². The fourth-order valence-corrected chi connectivity index (χ4v) is 2.84. The second kappa shape index (κ2) is 9.73. The predicted octanol–water partition coefficient (Wildman–Crippen LogP) is 5.30. The molecule has 0 aliphatic carbocycles. The Morgan fingerprint density at radius 1 is 1.07 bits per heavy atom. The van der Waals surface area contributed by atoms with Crippen LogP contribution in [0.3, 0.4) is 0 Å². The minimum Gasteiger partial charge on any atom is -0.482 e. The highest BCUT2D eigenvalue weighted by Gasteiger charge is 2.20. The molecule has 0 fully saturated rings. The summed E-state index contributed by atoms with van der Waals surface area (Å²) in [6, 6.07) is 12.0. The van der Waals surface area contributed by atoms with Crippen LogP contribution in [0.5, 0.6) is 11.5 Å². The highest BCUT2D eigenvalue weighted by Crippen LogP contribution is 2.33. The van der Waals surface area contributed by atoms with Gasteiger partial charge >= 0.3 is 11.9 Å². The fourth-order valence-electron chi connectivity index (χ4n) is 2.48. The Kier molecular flexibility index (Phi) is 7.63. The number of hydrogen-bond acceptors (Lipinski definition) is 5. The number of carbonyl (C=O) groups excluding carboxylic acids is 2. The Hall–Kier alpha value is -2.34. The van der Waals surface area contributed by atoms with Gasteiger partial charge in [0, 0.05) is 10.0 Å². The molecule has 2 rings (SSSR count). The van der Waals surface area contributed by atoms with E-state index in [-0.39, 0.29) is 17.8 Å². The number of hydrogen-bond donors (Lipinski definition) is 0. The fraction of sp³-hybridized carbons (Fsp3) is 0.364. The zero-order chi connectivity index (χ0) is 20.7. The van der Waals surface area contributed by atoms with Gasteiger partial charge in [0.2, 0.25) is 0 Å². The molecule has 0 aromatic heterocycles. The molecule has 0 spiro atoms. The molecule has 0 radical (unpaired) electrons. The molecule has 6 heteroatoms. The summed E-state index contributed by atoms with van der Waals surface area (Å²) < 4.78 is 17.0. The normalized spacial score (nSPS) is 11.0. The quantitative estimate of drug-likeness (QED) is 0.424. The van der Waals surface area contributed by atoms with Gasteiger partial charge in [0.25, 0.3) is 0 Å². The molecule has 0 heterocycles. The van der Waals surface area contributed by atoms with Gasteiger partial charge in [-0.3, -0.25) is 0 Å². The van der Waals surface area contributed by atoms with Crippen molar-refractivity contribution in [3.05, 3.63) is 58.1 Å². The number of ether oxygens (including phenoxy) is 3. The summed E-state index contributed by atoms with van der Waals surface area (Å²) in [5.74, 6) is -0.0986. The molecule has 150 valence electrons. The molecule has 0 amide bonds. The first-order chi connectivity index (χ1) is 13.2. The molecule has 0 atom stereocenters. The molecule has 0 N–H and O–H groups in total. The zero-order valence-corrected chi connectivity index (χ0v) is 18.2. The van der Waals surface area contributed by atoms with E-state index in [0.29, 0.717) is 17.9 Å². The van der Waals surface area contributed by atoms with Gasteiger partial charge in [-0.25, -0.2) is 9.59 Å². The average Bonchev–Trinajstić information content (AvgIpc) is 2.64. The maximum atomic E-state index is 12.2. The summed E-state index contributed by atoms with van der Waals surface area (Å²) in [4.78, 5) is 24.1. The average molecular weight is 449 g/mol. The van der Waals surface area contributed by atoms with E-state index in [4.69, 9.17) is 14.2 Å². The van der Waals surface area contributed by atoms with E-state index >= 15 is 0 Å². The van der Waals surface area contributed by atoms with Crippen LogP contribution in [0, 0.1) is 0 Å². The van der Waals surface area contributed by atoms with Crippen LogP contribution in [-0.4, -0.2) is 25.2 Å². The second-order valence-electron chi connectivity index (χ2n) is 7.32. The summed E-state index contributed by atoms with van der Waals surface area (Å²) in [5.41, 5.74) is 1.17. The van der Waals surface area contributed by atoms with Gasteiger partial charge in [-0.05, 0) is 48.2 Å². The summed E-state index contributed by atoms with van der Waals surface area (Å²) >= 11 is 3.46. The van der Waals surface area contributed by atoms with Crippen LogP contribution >= 0.6 is 15.9 Å². The number of halogens is 1. The molecule has 0 saturated carbocycles. The smallest absolute Gasteiger partial charge is 0.349 e. The van der Waals surface area contributed by atoms with Crippen LogP contribution in [0.25, 0.3) is 0 Å². The van der Waals surface area contributed by atoms with Crippen molar-refractivity contribution in [2.75, 3.05) is 13.2 Å². The first kappa shape index (κ1) is 22.0. The molecule has 0 saturated heterocycles. The minimum atomic E-state index is -0.554. The van der Waals surface area contributed by atoms with Gasteiger partial charge in [-0.2, -0.15) is 0 Å². The van der Waals surface area contributed by atoms with Crippen molar-refractivity contribution in [1.29, 1.82) is 0 Å². The van der Waals surface area contributed by atoms with Crippen LogP contribution in [-0.2, 0) is 14.9 Å². The number of rotatable bonds is 7. The molecular formula is C22H25BrO5. The van der Waals surface area contributed by atoms with Gasteiger partial charge in [0.05, 0.1) is 12.2 Å². The topological polar surface area (TPSA) is 61.8 Å². The lowest BCUT2D eigenvalue weighted by Crippen LogP contribution is -2.20. The highest BCUT2D eigenvalue weighted by molar-refractivity contribution is 9.10. The summed E-state index contributed by atoms with van der Waals surface area (Å²) in [6.45, 7) is 8.24. The van der Waals surface area contributed by atoms with Gasteiger partial charge in [-0.15, -0.1) is 0 Å². The molecule has 0 bridgehead atoms. The Labute approximate surface area is 174 Å². The van der Waals surface area contributed by atoms with Gasteiger partial charge in [0.15, 0.2) is 6.61 Å². The van der Waals surface area contributed by atoms with Crippen LogP contribution in [0.15, 0.2) is 46.9 Å². The van der Waals surface area contributed by atoms with Gasteiger partial charge < -0.3 is 14.2 Å². The van der Waals surface area contributed by atoms with Gasteiger partial charge in [0.1, 0.15) is 11.5 Å². The van der Waals surface area contributed by atoms with E-state index in [1.165, 1.54) is 6.07 Å². The van der Waals surface area contributed by atoms with Gasteiger partial charge in [-0.1, -0.05) is 49.7 Å². The standard InChI is InChI=1S/C22H25BrO5/c1-5-11-26-21(25)15-7-6-8-17(12-15)28-20(24)14-27-19-10-9-16(23)13-18(19)22(2,3)4/h6-10,12-13H,5,11,14H2,1-4H3. The van der Waals surface area contributed by atoms with E-state index in [1.807, 2.05) is 25.1 Å². The second-order valence-corrected chi connectivity index (χ2v) is 8.23. The largest absolute Gasteiger partial charge is 0.482 e. The van der Waals surface area contributed by atoms with E-state index in [0.717, 1.165) is 16.5 Å². The Morgan fingerprint density at radius 3 is 2.50 bits per heavy atom. The number of benzene rings is 2. The molecule has 0 aliphatic rings. The van der Waals surface area contributed by atoms with Crippen molar-refractivity contribution in [1.82, 2.24) is 0 Å². The Bertz CT molecular complexity index is 839. The summed E-state index contributed by atoms with van der Waals surface area (Å²) in [6.07, 6.45) is 0.740. The highest BCUT2D eigenvalue weighted by atomic mass is 79.9. The molecule has 0 unspecified atom stereocenters. The molecule has 28 heavy (non-hydrogen) atoms. The zero-order valence-electron chi connectivity index (χ0n) is 16.6. The molecule has 2 aromatic rings.